The van der Waals surface area contributed by atoms with Gasteiger partial charge < -0.3 is 10.6 Å². The Bertz CT molecular complexity index is 258. The van der Waals surface area contributed by atoms with Gasteiger partial charge in [-0.05, 0) is 12.8 Å². The predicted octanol–water partition coefficient (Wildman–Crippen LogP) is 1.59. The number of carbonyl (C=O) groups is 2. The third-order valence-electron chi connectivity index (χ3n) is 2.60. The van der Waals surface area contributed by atoms with Crippen molar-refractivity contribution in [3.05, 3.63) is 0 Å². The summed E-state index contributed by atoms with van der Waals surface area (Å²) in [4.78, 5) is 24.4. The van der Waals surface area contributed by atoms with Crippen LogP contribution in [0.1, 0.15) is 33.1 Å². The van der Waals surface area contributed by atoms with Crippen LogP contribution in [-0.4, -0.2) is 33.9 Å². The van der Waals surface area contributed by atoms with Crippen LogP contribution in [0.15, 0.2) is 0 Å². The van der Waals surface area contributed by atoms with E-state index in [9.17, 15) is 9.59 Å². The molecule has 1 fully saturated rings. The average Bonchev–Trinajstić information content (AvgIpc) is 2.49. The summed E-state index contributed by atoms with van der Waals surface area (Å²) in [6.45, 7) is 4.64. The fourth-order valence-corrected chi connectivity index (χ4v) is 3.05. The Balaban J connectivity index is 2.63. The van der Waals surface area contributed by atoms with Crippen molar-refractivity contribution in [3.8, 4) is 0 Å². The van der Waals surface area contributed by atoms with Gasteiger partial charge in [-0.15, -0.1) is 0 Å². The van der Waals surface area contributed by atoms with E-state index < -0.39 is 11.9 Å². The van der Waals surface area contributed by atoms with Crippen LogP contribution in [0.2, 0.25) is 0 Å². The number of rotatable bonds is 5. The number of hydrogen-bond acceptors (Lipinski definition) is 3. The maximum absolute atomic E-state index is 11.6. The van der Waals surface area contributed by atoms with E-state index in [-0.39, 0.29) is 5.24 Å². The van der Waals surface area contributed by atoms with Gasteiger partial charge in [-0.1, -0.05) is 32.0 Å². The Kier molecular flexibility index (Phi) is 4.45. The van der Waals surface area contributed by atoms with Gasteiger partial charge in [0.1, 0.15) is 6.04 Å². The maximum Gasteiger partial charge on any atom is 0.282 e. The molecule has 1 aliphatic heterocycles. The summed E-state index contributed by atoms with van der Waals surface area (Å²) in [5.41, 5.74) is 5.27. The minimum absolute atomic E-state index is 0.000833. The molecule has 2 atom stereocenters. The van der Waals surface area contributed by atoms with Gasteiger partial charge in [-0.3, -0.25) is 9.59 Å². The monoisotopic (exact) mass is 230 g/mol. The number of carbonyl (C=O) groups excluding carboxylic acids is 2. The van der Waals surface area contributed by atoms with Gasteiger partial charge in [0.15, 0.2) is 0 Å². The molecule has 4 nitrogen and oxygen atoms in total. The molecular weight excluding hydrogens is 212 g/mol. The lowest BCUT2D eigenvalue weighted by Gasteiger charge is -2.23. The normalized spacial score (nSPS) is 23.2. The van der Waals surface area contributed by atoms with Crippen LogP contribution in [0.3, 0.4) is 0 Å². The summed E-state index contributed by atoms with van der Waals surface area (Å²) in [5.74, 6) is -0.399. The molecule has 0 spiro atoms. The molecule has 15 heavy (non-hydrogen) atoms. The molecule has 1 heterocycles. The minimum Gasteiger partial charge on any atom is -0.368 e. The summed E-state index contributed by atoms with van der Waals surface area (Å²) in [6.07, 6.45) is 2.68. The van der Waals surface area contributed by atoms with E-state index >= 15 is 0 Å². The van der Waals surface area contributed by atoms with E-state index in [1.807, 2.05) is 6.92 Å². The second-order valence-corrected chi connectivity index (χ2v) is 5.02. The third-order valence-corrected chi connectivity index (χ3v) is 3.76. The summed E-state index contributed by atoms with van der Waals surface area (Å²) in [5, 5.41) is 0.329. The van der Waals surface area contributed by atoms with Gasteiger partial charge in [0.25, 0.3) is 5.24 Å². The second kappa shape index (κ2) is 5.39. The molecular formula is C10H18N2O2S. The Morgan fingerprint density at radius 1 is 1.67 bits per heavy atom. The molecule has 1 aliphatic rings. The van der Waals surface area contributed by atoms with Crippen LogP contribution >= 0.6 is 11.8 Å². The molecule has 2 amide bonds. The summed E-state index contributed by atoms with van der Waals surface area (Å²) in [7, 11) is 0. The van der Waals surface area contributed by atoms with Crippen molar-refractivity contribution < 1.29 is 9.59 Å². The fourth-order valence-electron chi connectivity index (χ4n) is 1.84. The highest BCUT2D eigenvalue weighted by Crippen LogP contribution is 2.30. The topological polar surface area (TPSA) is 63.4 Å². The standard InChI is InChI=1S/C10H18N2O2S/c1-3-5-7-6-12(10(14)15-7)8(4-2)9(11)13/h7-8H,3-6H2,1-2H3,(H2,11,13). The van der Waals surface area contributed by atoms with Crippen molar-refractivity contribution in [2.75, 3.05) is 6.54 Å². The van der Waals surface area contributed by atoms with E-state index in [2.05, 4.69) is 6.92 Å². The summed E-state index contributed by atoms with van der Waals surface area (Å²) < 4.78 is 0. The average molecular weight is 230 g/mol. The molecule has 0 bridgehead atoms. The molecule has 1 saturated heterocycles. The quantitative estimate of drug-likeness (QED) is 0.780. The highest BCUT2D eigenvalue weighted by molar-refractivity contribution is 8.14. The molecule has 0 saturated carbocycles. The van der Waals surface area contributed by atoms with Crippen molar-refractivity contribution in [3.63, 3.8) is 0 Å². The van der Waals surface area contributed by atoms with Gasteiger partial charge in [0, 0.05) is 11.8 Å². The number of thioether (sulfide) groups is 1. The van der Waals surface area contributed by atoms with Crippen LogP contribution in [0.5, 0.6) is 0 Å². The van der Waals surface area contributed by atoms with Crippen LogP contribution in [-0.2, 0) is 4.79 Å². The molecule has 0 aromatic heterocycles. The first kappa shape index (κ1) is 12.4. The Morgan fingerprint density at radius 3 is 2.80 bits per heavy atom. The number of nitrogens with two attached hydrogens (primary N) is 1. The van der Waals surface area contributed by atoms with Crippen molar-refractivity contribution in [2.45, 2.75) is 44.4 Å². The first-order valence-corrected chi connectivity index (χ1v) is 6.24. The number of nitrogens with zero attached hydrogens (tertiary/aromatic N) is 1. The lowest BCUT2D eigenvalue weighted by Crippen LogP contribution is -2.44. The largest absolute Gasteiger partial charge is 0.368 e. The lowest BCUT2D eigenvalue weighted by atomic mass is 10.1. The number of primary amides is 1. The number of hydrogen-bond donors (Lipinski definition) is 1. The lowest BCUT2D eigenvalue weighted by molar-refractivity contribution is -0.122. The predicted molar refractivity (Wildman–Crippen MR) is 61.7 cm³/mol. The zero-order chi connectivity index (χ0) is 11.4. The van der Waals surface area contributed by atoms with Gasteiger partial charge in [0.2, 0.25) is 5.91 Å². The third kappa shape index (κ3) is 2.87. The van der Waals surface area contributed by atoms with Gasteiger partial charge >= 0.3 is 0 Å². The van der Waals surface area contributed by atoms with E-state index in [1.165, 1.54) is 11.8 Å². The van der Waals surface area contributed by atoms with Crippen molar-refractivity contribution >= 4 is 22.9 Å². The first-order chi connectivity index (χ1) is 7.10. The first-order valence-electron chi connectivity index (χ1n) is 5.36. The molecule has 1 rings (SSSR count). The van der Waals surface area contributed by atoms with Crippen LogP contribution in [0.4, 0.5) is 4.79 Å². The molecule has 0 aromatic carbocycles. The van der Waals surface area contributed by atoms with E-state index in [1.54, 1.807) is 4.90 Å². The van der Waals surface area contributed by atoms with Crippen molar-refractivity contribution in [1.29, 1.82) is 0 Å². The Morgan fingerprint density at radius 2 is 2.33 bits per heavy atom. The molecule has 86 valence electrons. The summed E-state index contributed by atoms with van der Waals surface area (Å²) >= 11 is 1.34. The maximum atomic E-state index is 11.6. The highest BCUT2D eigenvalue weighted by Gasteiger charge is 2.36. The highest BCUT2D eigenvalue weighted by atomic mass is 32.2. The molecule has 0 aromatic rings. The molecule has 0 aliphatic carbocycles. The zero-order valence-corrected chi connectivity index (χ0v) is 10.0. The van der Waals surface area contributed by atoms with E-state index in [0.717, 1.165) is 12.8 Å². The minimum atomic E-state index is -0.424. The molecule has 2 unspecified atom stereocenters. The van der Waals surface area contributed by atoms with E-state index in [0.29, 0.717) is 18.2 Å². The molecule has 0 radical (unpaired) electrons. The second-order valence-electron chi connectivity index (χ2n) is 3.77. The van der Waals surface area contributed by atoms with Crippen LogP contribution < -0.4 is 5.73 Å². The van der Waals surface area contributed by atoms with E-state index in [4.69, 9.17) is 5.73 Å². The van der Waals surface area contributed by atoms with Crippen molar-refractivity contribution in [1.82, 2.24) is 4.90 Å². The number of amides is 2. The Hall–Kier alpha value is -0.710. The molecule has 5 heteroatoms. The SMILES string of the molecule is CCCC1CN(C(CC)C(N)=O)C(=O)S1. The van der Waals surface area contributed by atoms with Gasteiger partial charge in [0.05, 0.1) is 0 Å². The fraction of sp³-hybridized carbons (Fsp3) is 0.800. The Labute approximate surface area is 94.6 Å². The van der Waals surface area contributed by atoms with Gasteiger partial charge in [-0.25, -0.2) is 0 Å². The summed E-state index contributed by atoms with van der Waals surface area (Å²) in [6, 6.07) is -0.424. The van der Waals surface area contributed by atoms with Crippen LogP contribution in [0.25, 0.3) is 0 Å². The molecule has 2 N–H and O–H groups in total. The van der Waals surface area contributed by atoms with Crippen LogP contribution in [0, 0.1) is 0 Å². The zero-order valence-electron chi connectivity index (χ0n) is 9.23. The smallest absolute Gasteiger partial charge is 0.282 e. The van der Waals surface area contributed by atoms with Crippen molar-refractivity contribution in [2.24, 2.45) is 5.73 Å². The van der Waals surface area contributed by atoms with Gasteiger partial charge in [-0.2, -0.15) is 0 Å².